The molecule has 2 rings (SSSR count). The van der Waals surface area contributed by atoms with E-state index in [2.05, 4.69) is 15.1 Å². The van der Waals surface area contributed by atoms with Gasteiger partial charge in [0.05, 0.1) is 6.54 Å². The van der Waals surface area contributed by atoms with Crippen molar-refractivity contribution in [3.8, 4) is 0 Å². The highest BCUT2D eigenvalue weighted by molar-refractivity contribution is 7.71. The molecule has 0 aromatic carbocycles. The highest BCUT2D eigenvalue weighted by Crippen LogP contribution is 2.10. The number of hydrogen-bond acceptors (Lipinski definition) is 4. The molecule has 1 fully saturated rings. The largest absolute Gasteiger partial charge is 0.335 e. The summed E-state index contributed by atoms with van der Waals surface area (Å²) in [5.41, 5.74) is 0. The van der Waals surface area contributed by atoms with Crippen LogP contribution in [-0.4, -0.2) is 32.9 Å². The predicted octanol–water partition coefficient (Wildman–Crippen LogP) is 0.640. The molecule has 5 nitrogen and oxygen atoms in total. The number of likely N-dealkylation sites (tertiary alicyclic amines) is 1. The van der Waals surface area contributed by atoms with Crippen LogP contribution in [0.5, 0.6) is 0 Å². The summed E-state index contributed by atoms with van der Waals surface area (Å²) in [6.45, 7) is 3.07. The molecule has 1 saturated heterocycles. The second-order valence-electron chi connectivity index (χ2n) is 3.65. The number of nitrogen functional groups attached to an aromatic ring is 1. The maximum Gasteiger partial charge on any atom is 0.214 e. The Morgan fingerprint density at radius 3 is 2.64 bits per heavy atom. The molecule has 0 unspecified atom stereocenters. The van der Waals surface area contributed by atoms with Crippen LogP contribution in [-0.2, 0) is 6.54 Å². The summed E-state index contributed by atoms with van der Waals surface area (Å²) in [7, 11) is 0. The van der Waals surface area contributed by atoms with Gasteiger partial charge in [-0.15, -0.1) is 0 Å². The van der Waals surface area contributed by atoms with Gasteiger partial charge in [0.1, 0.15) is 0 Å². The van der Waals surface area contributed by atoms with Gasteiger partial charge in [-0.2, -0.15) is 5.10 Å². The smallest absolute Gasteiger partial charge is 0.214 e. The SMILES string of the molecule is Nn1c(CN2CCCCC2)n[nH]c1=S. The first-order valence-electron chi connectivity index (χ1n) is 4.91. The van der Waals surface area contributed by atoms with Gasteiger partial charge in [0.15, 0.2) is 5.82 Å². The standard InChI is InChI=1S/C8H15N5S/c9-13-7(10-11-8(13)14)6-12-4-2-1-3-5-12/h1-6,9H2,(H,11,14). The van der Waals surface area contributed by atoms with E-state index in [0.717, 1.165) is 25.5 Å². The Hall–Kier alpha value is -0.880. The minimum Gasteiger partial charge on any atom is -0.335 e. The van der Waals surface area contributed by atoms with Crippen LogP contribution in [0.1, 0.15) is 25.1 Å². The molecule has 1 aliphatic rings. The van der Waals surface area contributed by atoms with Crippen molar-refractivity contribution in [2.24, 2.45) is 0 Å². The number of aromatic amines is 1. The highest BCUT2D eigenvalue weighted by Gasteiger charge is 2.13. The lowest BCUT2D eigenvalue weighted by atomic mass is 10.1. The van der Waals surface area contributed by atoms with E-state index in [1.165, 1.54) is 23.9 Å². The van der Waals surface area contributed by atoms with Gasteiger partial charge >= 0.3 is 0 Å². The maximum atomic E-state index is 5.71. The number of aromatic nitrogens is 3. The molecular weight excluding hydrogens is 198 g/mol. The fourth-order valence-corrected chi connectivity index (χ4v) is 1.92. The molecule has 0 saturated carbocycles. The van der Waals surface area contributed by atoms with Gasteiger partial charge in [0.2, 0.25) is 4.77 Å². The molecule has 78 valence electrons. The second kappa shape index (κ2) is 4.10. The van der Waals surface area contributed by atoms with E-state index in [-0.39, 0.29) is 0 Å². The van der Waals surface area contributed by atoms with E-state index in [9.17, 15) is 0 Å². The van der Waals surface area contributed by atoms with E-state index in [0.29, 0.717) is 4.77 Å². The molecular formula is C8H15N5S. The average Bonchev–Trinajstić information content (AvgIpc) is 2.52. The molecule has 14 heavy (non-hydrogen) atoms. The first-order chi connectivity index (χ1) is 6.77. The quantitative estimate of drug-likeness (QED) is 0.559. The third-order valence-corrected chi connectivity index (χ3v) is 2.88. The Labute approximate surface area is 87.9 Å². The number of rotatable bonds is 2. The van der Waals surface area contributed by atoms with Crippen molar-refractivity contribution in [1.82, 2.24) is 19.8 Å². The molecule has 0 aliphatic carbocycles. The molecule has 1 aromatic rings. The minimum atomic E-state index is 0.483. The van der Waals surface area contributed by atoms with Crippen LogP contribution in [0.15, 0.2) is 0 Å². The summed E-state index contributed by atoms with van der Waals surface area (Å²) in [5, 5.41) is 6.78. The lowest BCUT2D eigenvalue weighted by Crippen LogP contribution is -2.31. The number of piperidine rings is 1. The highest BCUT2D eigenvalue weighted by atomic mass is 32.1. The van der Waals surface area contributed by atoms with Gasteiger partial charge in [-0.25, -0.2) is 4.68 Å². The predicted molar refractivity (Wildman–Crippen MR) is 56.7 cm³/mol. The minimum absolute atomic E-state index is 0.483. The molecule has 0 amide bonds. The molecule has 0 atom stereocenters. The van der Waals surface area contributed by atoms with Crippen molar-refractivity contribution >= 4 is 12.2 Å². The zero-order valence-corrected chi connectivity index (χ0v) is 8.89. The van der Waals surface area contributed by atoms with Crippen molar-refractivity contribution in [3.05, 3.63) is 10.6 Å². The number of hydrogen-bond donors (Lipinski definition) is 2. The Morgan fingerprint density at radius 2 is 2.07 bits per heavy atom. The molecule has 6 heteroatoms. The zero-order chi connectivity index (χ0) is 9.97. The van der Waals surface area contributed by atoms with Crippen LogP contribution in [0.25, 0.3) is 0 Å². The van der Waals surface area contributed by atoms with Crippen LogP contribution >= 0.6 is 12.2 Å². The topological polar surface area (TPSA) is 62.9 Å². The Bertz CT molecular complexity index is 349. The van der Waals surface area contributed by atoms with Crippen LogP contribution in [0, 0.1) is 4.77 Å². The average molecular weight is 213 g/mol. The molecule has 0 spiro atoms. The van der Waals surface area contributed by atoms with E-state index in [1.807, 2.05) is 0 Å². The molecule has 1 aliphatic heterocycles. The van der Waals surface area contributed by atoms with Crippen molar-refractivity contribution < 1.29 is 0 Å². The summed E-state index contributed by atoms with van der Waals surface area (Å²) < 4.78 is 1.93. The fraction of sp³-hybridized carbons (Fsp3) is 0.750. The third kappa shape index (κ3) is 1.96. The summed E-state index contributed by atoms with van der Waals surface area (Å²) in [6.07, 6.45) is 3.89. The summed E-state index contributed by atoms with van der Waals surface area (Å²) in [5.74, 6) is 6.53. The first kappa shape index (κ1) is 9.67. The summed E-state index contributed by atoms with van der Waals surface area (Å²) in [6, 6.07) is 0. The van der Waals surface area contributed by atoms with Crippen molar-refractivity contribution in [3.63, 3.8) is 0 Å². The lowest BCUT2D eigenvalue weighted by Gasteiger charge is -2.25. The van der Waals surface area contributed by atoms with Gasteiger partial charge in [-0.3, -0.25) is 10.00 Å². The first-order valence-corrected chi connectivity index (χ1v) is 5.32. The van der Waals surface area contributed by atoms with E-state index < -0.39 is 0 Å². The molecule has 3 N–H and O–H groups in total. The number of nitrogens with one attached hydrogen (secondary N) is 1. The van der Waals surface area contributed by atoms with Gasteiger partial charge < -0.3 is 5.84 Å². The van der Waals surface area contributed by atoms with Gasteiger partial charge in [-0.1, -0.05) is 6.42 Å². The summed E-state index contributed by atoms with van der Waals surface area (Å²) >= 11 is 4.94. The van der Waals surface area contributed by atoms with Crippen molar-refractivity contribution in [2.45, 2.75) is 25.8 Å². The monoisotopic (exact) mass is 213 g/mol. The third-order valence-electron chi connectivity index (χ3n) is 2.59. The van der Waals surface area contributed by atoms with E-state index >= 15 is 0 Å². The van der Waals surface area contributed by atoms with Crippen LogP contribution in [0.4, 0.5) is 0 Å². The van der Waals surface area contributed by atoms with Crippen molar-refractivity contribution in [2.75, 3.05) is 18.9 Å². The maximum absolute atomic E-state index is 5.71. The number of nitrogens with two attached hydrogens (primary N) is 1. The zero-order valence-electron chi connectivity index (χ0n) is 8.07. The second-order valence-corrected chi connectivity index (χ2v) is 4.04. The Balaban J connectivity index is 2.02. The fourth-order valence-electron chi connectivity index (χ4n) is 1.77. The summed E-state index contributed by atoms with van der Waals surface area (Å²) in [4.78, 5) is 2.36. The van der Waals surface area contributed by atoms with Crippen LogP contribution in [0.3, 0.4) is 0 Å². The van der Waals surface area contributed by atoms with Crippen molar-refractivity contribution in [1.29, 1.82) is 0 Å². The normalized spacial score (nSPS) is 18.6. The Morgan fingerprint density at radius 1 is 1.36 bits per heavy atom. The molecule has 0 bridgehead atoms. The van der Waals surface area contributed by atoms with Crippen LogP contribution < -0.4 is 5.84 Å². The lowest BCUT2D eigenvalue weighted by molar-refractivity contribution is 0.214. The molecule has 1 aromatic heterocycles. The number of nitrogens with zero attached hydrogens (tertiary/aromatic N) is 3. The Kier molecular flexibility index (Phi) is 2.83. The molecule has 2 heterocycles. The molecule has 0 radical (unpaired) electrons. The van der Waals surface area contributed by atoms with Gasteiger partial charge in [0.25, 0.3) is 0 Å². The van der Waals surface area contributed by atoms with Gasteiger partial charge in [-0.05, 0) is 38.1 Å². The van der Waals surface area contributed by atoms with E-state index in [1.54, 1.807) is 0 Å². The number of H-pyrrole nitrogens is 1. The van der Waals surface area contributed by atoms with Crippen LogP contribution in [0.2, 0.25) is 0 Å². The van der Waals surface area contributed by atoms with E-state index in [4.69, 9.17) is 18.1 Å². The van der Waals surface area contributed by atoms with Gasteiger partial charge in [0, 0.05) is 0 Å².